The molecule has 8 heteroatoms. The summed E-state index contributed by atoms with van der Waals surface area (Å²) < 4.78 is 7.21. The number of hydrogen-bond donors (Lipinski definition) is 2. The Morgan fingerprint density at radius 1 is 1.17 bits per heavy atom. The lowest BCUT2D eigenvalue weighted by Crippen LogP contribution is -2.22. The predicted molar refractivity (Wildman–Crippen MR) is 107 cm³/mol. The average molecular weight is 394 g/mol. The summed E-state index contributed by atoms with van der Waals surface area (Å²) in [7, 11) is 0. The molecule has 2 N–H and O–H groups in total. The van der Waals surface area contributed by atoms with E-state index in [1.54, 1.807) is 18.2 Å². The van der Waals surface area contributed by atoms with Gasteiger partial charge in [-0.1, -0.05) is 35.5 Å². The fourth-order valence-corrected chi connectivity index (χ4v) is 2.80. The van der Waals surface area contributed by atoms with Crippen LogP contribution in [0.4, 0.5) is 0 Å². The second-order valence-corrected chi connectivity index (χ2v) is 6.33. The Morgan fingerprint density at radius 3 is 2.66 bits per heavy atom. The van der Waals surface area contributed by atoms with Gasteiger partial charge in [0.25, 0.3) is 5.91 Å². The van der Waals surface area contributed by atoms with Crippen LogP contribution in [-0.4, -0.2) is 45.1 Å². The Balaban J connectivity index is 1.78. The number of rotatable bonds is 9. The van der Waals surface area contributed by atoms with Crippen molar-refractivity contribution in [2.75, 3.05) is 13.2 Å². The number of aryl methyl sites for hydroxylation is 1. The smallest absolute Gasteiger partial charge is 0.358 e. The minimum absolute atomic E-state index is 0.191. The lowest BCUT2D eigenvalue weighted by Gasteiger charge is -2.13. The van der Waals surface area contributed by atoms with Gasteiger partial charge in [-0.3, -0.25) is 4.79 Å². The number of carboxylic acids is 1. The van der Waals surface area contributed by atoms with E-state index in [1.807, 2.05) is 25.1 Å². The SMILES string of the molecule is CCNC(=O)c1ccc(OCCCc2ccccc2)c(-n2cc(C(=O)O)nn2)c1. The molecule has 0 aliphatic heterocycles. The van der Waals surface area contributed by atoms with Crippen LogP contribution in [0.5, 0.6) is 5.75 Å². The van der Waals surface area contributed by atoms with Gasteiger partial charge in [-0.2, -0.15) is 0 Å². The molecule has 0 fully saturated rings. The van der Waals surface area contributed by atoms with E-state index in [0.29, 0.717) is 30.2 Å². The number of carbonyl (C=O) groups excluding carboxylic acids is 1. The van der Waals surface area contributed by atoms with Crippen LogP contribution in [0.2, 0.25) is 0 Å². The Kier molecular flexibility index (Phi) is 6.57. The highest BCUT2D eigenvalue weighted by Crippen LogP contribution is 2.24. The number of carboxylic acid groups (broad SMARTS) is 1. The summed E-state index contributed by atoms with van der Waals surface area (Å²) in [4.78, 5) is 23.3. The first-order valence-corrected chi connectivity index (χ1v) is 9.33. The quantitative estimate of drug-likeness (QED) is 0.541. The molecule has 3 aromatic rings. The molecule has 0 saturated carbocycles. The second-order valence-electron chi connectivity index (χ2n) is 6.33. The van der Waals surface area contributed by atoms with E-state index >= 15 is 0 Å². The minimum atomic E-state index is -1.18. The molecule has 29 heavy (non-hydrogen) atoms. The lowest BCUT2D eigenvalue weighted by atomic mass is 10.1. The van der Waals surface area contributed by atoms with Crippen molar-refractivity contribution in [3.05, 3.63) is 71.5 Å². The van der Waals surface area contributed by atoms with E-state index in [-0.39, 0.29) is 11.6 Å². The molecule has 0 aliphatic rings. The van der Waals surface area contributed by atoms with Crippen LogP contribution in [-0.2, 0) is 6.42 Å². The molecule has 0 spiro atoms. The van der Waals surface area contributed by atoms with Gasteiger partial charge >= 0.3 is 5.97 Å². The summed E-state index contributed by atoms with van der Waals surface area (Å²) in [6.07, 6.45) is 2.97. The fourth-order valence-electron chi connectivity index (χ4n) is 2.80. The summed E-state index contributed by atoms with van der Waals surface area (Å²) >= 11 is 0. The summed E-state index contributed by atoms with van der Waals surface area (Å²) in [6.45, 7) is 2.79. The van der Waals surface area contributed by atoms with Crippen molar-refractivity contribution in [2.24, 2.45) is 0 Å². The number of aromatic carboxylic acids is 1. The molecule has 3 rings (SSSR count). The third-order valence-corrected chi connectivity index (χ3v) is 4.23. The third-order valence-electron chi connectivity index (χ3n) is 4.23. The summed E-state index contributed by atoms with van der Waals surface area (Å²) in [6, 6.07) is 15.1. The zero-order chi connectivity index (χ0) is 20.6. The summed E-state index contributed by atoms with van der Waals surface area (Å²) in [5.41, 5.74) is 1.91. The summed E-state index contributed by atoms with van der Waals surface area (Å²) in [5, 5.41) is 19.3. The van der Waals surface area contributed by atoms with Crippen LogP contribution in [0.1, 0.15) is 39.8 Å². The third kappa shape index (κ3) is 5.19. The molecule has 0 bridgehead atoms. The molecule has 1 amide bonds. The van der Waals surface area contributed by atoms with Crippen LogP contribution in [0.15, 0.2) is 54.7 Å². The molecule has 2 aromatic carbocycles. The van der Waals surface area contributed by atoms with Gasteiger partial charge in [0, 0.05) is 12.1 Å². The van der Waals surface area contributed by atoms with E-state index in [2.05, 4.69) is 27.8 Å². The Morgan fingerprint density at radius 2 is 1.97 bits per heavy atom. The molecule has 0 atom stereocenters. The van der Waals surface area contributed by atoms with Crippen molar-refractivity contribution in [3.8, 4) is 11.4 Å². The number of amides is 1. The largest absolute Gasteiger partial charge is 0.491 e. The van der Waals surface area contributed by atoms with Gasteiger partial charge in [-0.25, -0.2) is 9.48 Å². The van der Waals surface area contributed by atoms with E-state index in [0.717, 1.165) is 12.8 Å². The Bertz CT molecular complexity index is 985. The molecule has 1 aromatic heterocycles. The molecule has 8 nitrogen and oxygen atoms in total. The van der Waals surface area contributed by atoms with Gasteiger partial charge in [0.15, 0.2) is 5.69 Å². The fraction of sp³-hybridized carbons (Fsp3) is 0.238. The standard InChI is InChI=1S/C21H22N4O4/c1-2-22-20(26)16-10-11-19(29-12-6-9-15-7-4-3-5-8-15)18(13-16)25-14-17(21(27)28)23-24-25/h3-5,7-8,10-11,13-14H,2,6,9,12H2,1H3,(H,22,26)(H,27,28). The normalized spacial score (nSPS) is 10.5. The van der Waals surface area contributed by atoms with Gasteiger partial charge < -0.3 is 15.2 Å². The number of carbonyl (C=O) groups is 2. The van der Waals surface area contributed by atoms with Crippen molar-refractivity contribution >= 4 is 11.9 Å². The molecule has 1 heterocycles. The molecular formula is C21H22N4O4. The number of aromatic nitrogens is 3. The number of nitrogens with one attached hydrogen (secondary N) is 1. The maximum absolute atomic E-state index is 12.2. The molecule has 0 saturated heterocycles. The summed E-state index contributed by atoms with van der Waals surface area (Å²) in [5.74, 6) is -0.919. The maximum Gasteiger partial charge on any atom is 0.358 e. The van der Waals surface area contributed by atoms with Crippen molar-refractivity contribution < 1.29 is 19.4 Å². The van der Waals surface area contributed by atoms with Gasteiger partial charge in [0.1, 0.15) is 11.4 Å². The average Bonchev–Trinajstić information content (AvgIpc) is 3.23. The van der Waals surface area contributed by atoms with Crippen LogP contribution in [0, 0.1) is 0 Å². The highest BCUT2D eigenvalue weighted by molar-refractivity contribution is 5.95. The van der Waals surface area contributed by atoms with E-state index in [4.69, 9.17) is 9.84 Å². The predicted octanol–water partition coefficient (Wildman–Crippen LogP) is 2.73. The van der Waals surface area contributed by atoms with E-state index < -0.39 is 5.97 Å². The van der Waals surface area contributed by atoms with E-state index in [9.17, 15) is 9.59 Å². The Labute approximate surface area is 168 Å². The molecule has 0 aliphatic carbocycles. The van der Waals surface area contributed by atoms with Crippen LogP contribution < -0.4 is 10.1 Å². The topological polar surface area (TPSA) is 106 Å². The zero-order valence-electron chi connectivity index (χ0n) is 16.0. The van der Waals surface area contributed by atoms with Crippen LogP contribution >= 0.6 is 0 Å². The highest BCUT2D eigenvalue weighted by atomic mass is 16.5. The highest BCUT2D eigenvalue weighted by Gasteiger charge is 2.15. The van der Waals surface area contributed by atoms with Crippen LogP contribution in [0.25, 0.3) is 5.69 Å². The number of benzene rings is 2. The molecular weight excluding hydrogens is 372 g/mol. The monoisotopic (exact) mass is 394 g/mol. The van der Waals surface area contributed by atoms with Crippen molar-refractivity contribution in [1.82, 2.24) is 20.3 Å². The number of hydrogen-bond acceptors (Lipinski definition) is 5. The van der Waals surface area contributed by atoms with Gasteiger partial charge in [0.05, 0.1) is 12.8 Å². The first kappa shape index (κ1) is 20.1. The Hall–Kier alpha value is -3.68. The number of ether oxygens (including phenoxy) is 1. The van der Waals surface area contributed by atoms with Crippen LogP contribution in [0.3, 0.4) is 0 Å². The maximum atomic E-state index is 12.2. The van der Waals surface area contributed by atoms with Gasteiger partial charge in [0.2, 0.25) is 0 Å². The molecule has 0 unspecified atom stereocenters. The minimum Gasteiger partial charge on any atom is -0.491 e. The first-order chi connectivity index (χ1) is 14.1. The molecule has 150 valence electrons. The van der Waals surface area contributed by atoms with Gasteiger partial charge in [-0.05, 0) is 43.5 Å². The van der Waals surface area contributed by atoms with Crippen molar-refractivity contribution in [1.29, 1.82) is 0 Å². The van der Waals surface area contributed by atoms with Crippen molar-refractivity contribution in [2.45, 2.75) is 19.8 Å². The number of nitrogens with zero attached hydrogens (tertiary/aromatic N) is 3. The first-order valence-electron chi connectivity index (χ1n) is 9.33. The van der Waals surface area contributed by atoms with Crippen molar-refractivity contribution in [3.63, 3.8) is 0 Å². The zero-order valence-corrected chi connectivity index (χ0v) is 16.0. The molecule has 0 radical (unpaired) electrons. The second kappa shape index (κ2) is 9.50. The lowest BCUT2D eigenvalue weighted by molar-refractivity contribution is 0.0690. The van der Waals surface area contributed by atoms with Gasteiger partial charge in [-0.15, -0.1) is 5.10 Å². The van der Waals surface area contributed by atoms with E-state index in [1.165, 1.54) is 16.4 Å².